The molecule has 0 amide bonds. The smallest absolute Gasteiger partial charge is 0.252 e. The van der Waals surface area contributed by atoms with Crippen molar-refractivity contribution in [3.05, 3.63) is 268 Å². The fraction of sp³-hybridized carbons (Fsp3) is 0.103. The monoisotopic (exact) mass is 1110 g/mol. The molecule has 4 heterocycles. The van der Waals surface area contributed by atoms with Gasteiger partial charge in [-0.05, 0) is 197 Å². The first-order valence-electron chi connectivity index (χ1n) is 29.4. The number of benzene rings is 11. The van der Waals surface area contributed by atoms with Crippen LogP contribution in [-0.4, -0.2) is 15.8 Å². The predicted molar refractivity (Wildman–Crippen MR) is 360 cm³/mol. The van der Waals surface area contributed by atoms with Gasteiger partial charge in [-0.3, -0.25) is 0 Å². The maximum Gasteiger partial charge on any atom is 0.252 e. The second-order valence-electron chi connectivity index (χ2n) is 24.4. The number of hydrogen-bond donors (Lipinski definition) is 0. The van der Waals surface area contributed by atoms with E-state index in [9.17, 15) is 10.5 Å². The number of rotatable bonds is 6. The molecule has 11 aromatic carbocycles. The molecule has 0 unspecified atom stereocenters. The summed E-state index contributed by atoms with van der Waals surface area (Å²) in [6.45, 7) is 31.1. The van der Waals surface area contributed by atoms with Crippen LogP contribution >= 0.6 is 0 Å². The van der Waals surface area contributed by atoms with Gasteiger partial charge in [0.2, 0.25) is 0 Å². The SMILES string of the molecule is [C-]#[N+]c1cc2c(cc1C)c1cc(C)c(C#N)cc1n2-c1ccc2c(c1)N(c1ccc(-c3ccccc3)cc1)c1cc(C(C)(C)C)cc3c1B2c1ccc(-n2c4cc(C#N)c(C)cc4c4cc(C)c([N+]#[C-])cc42)cc1N3c1ccc(-c2ccccc2)cc1. The van der Waals surface area contributed by atoms with E-state index in [4.69, 9.17) is 13.1 Å². The van der Waals surface area contributed by atoms with Crippen molar-refractivity contribution >= 4 is 112 Å². The van der Waals surface area contributed by atoms with Crippen LogP contribution in [-0.2, 0) is 5.41 Å². The van der Waals surface area contributed by atoms with Crippen molar-refractivity contribution in [2.45, 2.75) is 53.9 Å². The van der Waals surface area contributed by atoms with E-state index in [2.05, 4.69) is 244 Å². The Kier molecular flexibility index (Phi) is 11.8. The van der Waals surface area contributed by atoms with Gasteiger partial charge in [-0.25, -0.2) is 9.69 Å². The molecule has 13 aromatic rings. The minimum Gasteiger partial charge on any atom is -0.311 e. The Morgan fingerprint density at radius 1 is 0.391 bits per heavy atom. The molecule has 9 heteroatoms. The van der Waals surface area contributed by atoms with E-state index < -0.39 is 0 Å². The Balaban J connectivity index is 1.05. The minimum absolute atomic E-state index is 0.262. The van der Waals surface area contributed by atoms with Crippen molar-refractivity contribution in [3.63, 3.8) is 0 Å². The van der Waals surface area contributed by atoms with Crippen LogP contribution in [0.15, 0.2) is 206 Å². The zero-order valence-electron chi connectivity index (χ0n) is 49.3. The molecule has 0 spiro atoms. The van der Waals surface area contributed by atoms with Crippen LogP contribution < -0.4 is 26.2 Å². The number of hydrogen-bond acceptors (Lipinski definition) is 4. The molecule has 0 N–H and O–H groups in total. The molecule has 410 valence electrons. The maximum absolute atomic E-state index is 10.5. The third kappa shape index (κ3) is 8.09. The Hall–Kier alpha value is -11.4. The van der Waals surface area contributed by atoms with Gasteiger partial charge in [-0.2, -0.15) is 10.5 Å². The normalized spacial score (nSPS) is 12.4. The van der Waals surface area contributed by atoms with E-state index in [0.29, 0.717) is 22.5 Å². The summed E-state index contributed by atoms with van der Waals surface area (Å²) in [4.78, 5) is 12.9. The van der Waals surface area contributed by atoms with Gasteiger partial charge in [0.1, 0.15) is 0 Å². The van der Waals surface area contributed by atoms with Crippen LogP contribution in [0.3, 0.4) is 0 Å². The number of nitrogens with zero attached hydrogens (tertiary/aromatic N) is 8. The quantitative estimate of drug-likeness (QED) is 0.123. The van der Waals surface area contributed by atoms with E-state index >= 15 is 0 Å². The van der Waals surface area contributed by atoms with Crippen molar-refractivity contribution in [1.82, 2.24) is 9.13 Å². The number of nitriles is 2. The van der Waals surface area contributed by atoms with Gasteiger partial charge in [-0.1, -0.05) is 130 Å². The molecule has 0 radical (unpaired) electrons. The molecule has 2 aliphatic rings. The fourth-order valence-electron chi connectivity index (χ4n) is 13.8. The van der Waals surface area contributed by atoms with Crippen molar-refractivity contribution in [1.29, 1.82) is 10.5 Å². The summed E-state index contributed by atoms with van der Waals surface area (Å²) in [6.07, 6.45) is 0. The van der Waals surface area contributed by atoms with Crippen LogP contribution in [0.5, 0.6) is 0 Å². The fourth-order valence-corrected chi connectivity index (χ4v) is 13.8. The third-order valence-corrected chi connectivity index (χ3v) is 18.2. The van der Waals surface area contributed by atoms with Crippen molar-refractivity contribution < 1.29 is 0 Å². The Labute approximate surface area is 506 Å². The van der Waals surface area contributed by atoms with Gasteiger partial charge in [-0.15, -0.1) is 0 Å². The minimum atomic E-state index is -0.298. The molecular formula is C78H55BN8. The van der Waals surface area contributed by atoms with Crippen molar-refractivity contribution in [2.75, 3.05) is 9.80 Å². The van der Waals surface area contributed by atoms with E-state index in [1.807, 2.05) is 52.0 Å². The Bertz CT molecular complexity index is 4810. The van der Waals surface area contributed by atoms with E-state index in [-0.39, 0.29) is 12.1 Å². The number of aromatic nitrogens is 2. The standard InChI is InChI=1S/C78H55BN8/c1-46-32-61-63-34-48(3)67(82-8)42-71(63)86(69(61)36-54(46)44-80)59-28-30-65-73(40-59)84(57-24-20-52(21-25-57)50-16-12-10-13-17-50)75-38-56(78(5,6)7)39-76-77(75)79(65)66-31-29-60(41-74(66)85(76)58-26-22-53(23-27-58)51-18-14-11-15-19-51)87-70-37-55(45-81)47(2)33-62(70)64-35-49(4)68(83-9)43-72(64)87/h10-43H,1-7H3. The van der Waals surface area contributed by atoms with E-state index in [1.165, 1.54) is 11.0 Å². The highest BCUT2D eigenvalue weighted by atomic mass is 15.2. The van der Waals surface area contributed by atoms with Crippen LogP contribution in [0.25, 0.3) is 86.9 Å². The summed E-state index contributed by atoms with van der Waals surface area (Å²) in [5.41, 5.74) is 26.3. The number of anilines is 6. The van der Waals surface area contributed by atoms with Gasteiger partial charge in [0.25, 0.3) is 6.71 Å². The summed E-state index contributed by atoms with van der Waals surface area (Å²) < 4.78 is 4.49. The second kappa shape index (κ2) is 19.6. The first-order chi connectivity index (χ1) is 42.2. The zero-order chi connectivity index (χ0) is 59.7. The van der Waals surface area contributed by atoms with E-state index in [0.717, 1.165) is 145 Å². The molecule has 2 aliphatic heterocycles. The number of aryl methyl sites for hydroxylation is 4. The lowest BCUT2D eigenvalue weighted by atomic mass is 9.33. The first kappa shape index (κ1) is 52.4. The number of fused-ring (bicyclic) bond motifs is 10. The van der Waals surface area contributed by atoms with Crippen molar-refractivity contribution in [3.8, 4) is 45.8 Å². The highest BCUT2D eigenvalue weighted by molar-refractivity contribution is 7.00. The van der Waals surface area contributed by atoms with E-state index in [1.54, 1.807) is 0 Å². The molecule has 0 aliphatic carbocycles. The molecule has 2 aromatic heterocycles. The molecule has 0 atom stereocenters. The largest absolute Gasteiger partial charge is 0.311 e. The van der Waals surface area contributed by atoms with Crippen molar-refractivity contribution in [2.24, 2.45) is 0 Å². The average Bonchev–Trinajstić information content (AvgIpc) is 1.64. The lowest BCUT2D eigenvalue weighted by Gasteiger charge is -2.45. The van der Waals surface area contributed by atoms with Crippen LogP contribution in [0, 0.1) is 63.5 Å². The molecule has 8 nitrogen and oxygen atoms in total. The summed E-state index contributed by atoms with van der Waals surface area (Å²) in [5, 5.41) is 25.2. The summed E-state index contributed by atoms with van der Waals surface area (Å²) in [6, 6.07) is 78.9. The van der Waals surface area contributed by atoms with Gasteiger partial charge in [0, 0.05) is 78.1 Å². The Morgan fingerprint density at radius 3 is 1.11 bits per heavy atom. The first-order valence-corrected chi connectivity index (χ1v) is 29.4. The molecule has 0 bridgehead atoms. The highest BCUT2D eigenvalue weighted by Gasteiger charge is 2.45. The van der Waals surface area contributed by atoms with Crippen LogP contribution in [0.2, 0.25) is 0 Å². The van der Waals surface area contributed by atoms with Gasteiger partial charge < -0.3 is 18.9 Å². The topological polar surface area (TPSA) is 72.6 Å². The summed E-state index contributed by atoms with van der Waals surface area (Å²) in [7, 11) is 0. The average molecular weight is 1120 g/mol. The van der Waals surface area contributed by atoms with Gasteiger partial charge in [0.15, 0.2) is 11.4 Å². The van der Waals surface area contributed by atoms with Crippen LogP contribution in [0.4, 0.5) is 45.5 Å². The second-order valence-corrected chi connectivity index (χ2v) is 24.4. The lowest BCUT2D eigenvalue weighted by molar-refractivity contribution is 0.590. The molecule has 0 fully saturated rings. The molecule has 15 rings (SSSR count). The Morgan fingerprint density at radius 2 is 0.747 bits per heavy atom. The van der Waals surface area contributed by atoms with Crippen LogP contribution in [0.1, 0.15) is 59.7 Å². The third-order valence-electron chi connectivity index (χ3n) is 18.2. The lowest BCUT2D eigenvalue weighted by Crippen LogP contribution is -2.61. The summed E-state index contributed by atoms with van der Waals surface area (Å²) >= 11 is 0. The molecule has 0 saturated carbocycles. The van der Waals surface area contributed by atoms with Gasteiger partial charge in [0.05, 0.1) is 47.4 Å². The molecule has 0 saturated heterocycles. The predicted octanol–water partition coefficient (Wildman–Crippen LogP) is 18.7. The zero-order valence-corrected chi connectivity index (χ0v) is 49.3. The highest BCUT2D eigenvalue weighted by Crippen LogP contribution is 2.49. The summed E-state index contributed by atoms with van der Waals surface area (Å²) in [5.74, 6) is 0. The van der Waals surface area contributed by atoms with Gasteiger partial charge >= 0.3 is 0 Å². The molecule has 87 heavy (non-hydrogen) atoms. The molecular weight excluding hydrogens is 1060 g/mol. The maximum atomic E-state index is 10.5.